The van der Waals surface area contributed by atoms with Gasteiger partial charge in [0.2, 0.25) is 0 Å². The van der Waals surface area contributed by atoms with Crippen molar-refractivity contribution in [3.63, 3.8) is 0 Å². The molecule has 3 aliphatic carbocycles. The third kappa shape index (κ3) is 5.87. The van der Waals surface area contributed by atoms with Crippen LogP contribution in [0.2, 0.25) is 0 Å². The molecule has 7 nitrogen and oxygen atoms in total. The minimum absolute atomic E-state index is 0.0522. The standard InChI is InChI=1S/C32H35N5O2S/c1-19-7-5-9-21(17-26(31(19)38)34-30-16-15-29(36-37-30)33-23-13-14-23)24-10-6-11-25(20(24)2)35-32(39)28-18-22-8-3-4-12-27(22)40-28/h6,9-11,15-19,23H,3-5,7-8,12-14H2,1-2H3,(H,33,36)(H,34,37)(H,35,39)/b21-9+,26-17+. The molecule has 1 unspecified atom stereocenters. The van der Waals surface area contributed by atoms with Crippen LogP contribution in [0, 0.1) is 12.8 Å². The number of aromatic nitrogens is 2. The number of allylic oxidation sites excluding steroid dienone is 4. The maximum Gasteiger partial charge on any atom is 0.265 e. The number of amides is 1. The van der Waals surface area contributed by atoms with E-state index >= 15 is 0 Å². The van der Waals surface area contributed by atoms with Crippen molar-refractivity contribution in [2.24, 2.45) is 5.92 Å². The van der Waals surface area contributed by atoms with Gasteiger partial charge in [-0.1, -0.05) is 25.1 Å². The number of hydrogen-bond donors (Lipinski definition) is 3. The Morgan fingerprint density at radius 3 is 2.60 bits per heavy atom. The smallest absolute Gasteiger partial charge is 0.265 e. The van der Waals surface area contributed by atoms with E-state index in [2.05, 4.69) is 38.3 Å². The second kappa shape index (κ2) is 11.4. The summed E-state index contributed by atoms with van der Waals surface area (Å²) in [4.78, 5) is 28.7. The first-order valence-corrected chi connectivity index (χ1v) is 15.1. The number of ketones is 1. The van der Waals surface area contributed by atoms with Crippen molar-refractivity contribution in [2.75, 3.05) is 16.0 Å². The summed E-state index contributed by atoms with van der Waals surface area (Å²) in [5.41, 5.74) is 5.50. The lowest BCUT2D eigenvalue weighted by Crippen LogP contribution is -2.21. The molecule has 0 aliphatic heterocycles. The number of hydrogen-bond acceptors (Lipinski definition) is 7. The molecule has 0 bridgehead atoms. The predicted molar refractivity (Wildman–Crippen MR) is 162 cm³/mol. The molecule has 3 N–H and O–H groups in total. The molecule has 2 aromatic heterocycles. The number of Topliss-reactive ketones (excluding diaryl/α,β-unsaturated/α-hetero) is 1. The number of aryl methyl sites for hydroxylation is 2. The molecule has 2 heterocycles. The van der Waals surface area contributed by atoms with Crippen molar-refractivity contribution >= 4 is 45.9 Å². The van der Waals surface area contributed by atoms with E-state index in [4.69, 9.17) is 0 Å². The van der Waals surface area contributed by atoms with Crippen LogP contribution >= 0.6 is 11.3 Å². The number of rotatable bonds is 7. The van der Waals surface area contributed by atoms with Crippen molar-refractivity contribution in [2.45, 2.75) is 71.3 Å². The summed E-state index contributed by atoms with van der Waals surface area (Å²) in [6.45, 7) is 3.99. The number of anilines is 3. The van der Waals surface area contributed by atoms with E-state index in [-0.39, 0.29) is 17.6 Å². The maximum absolute atomic E-state index is 13.4. The zero-order chi connectivity index (χ0) is 27.6. The molecule has 8 heteroatoms. The van der Waals surface area contributed by atoms with Crippen LogP contribution in [0.15, 0.2) is 54.2 Å². The molecule has 3 aromatic rings. The fourth-order valence-corrected chi connectivity index (χ4v) is 6.53. The zero-order valence-corrected chi connectivity index (χ0v) is 23.9. The number of carbonyl (C=O) groups is 2. The second-order valence-corrected chi connectivity index (χ2v) is 12.2. The van der Waals surface area contributed by atoms with Crippen molar-refractivity contribution in [1.29, 1.82) is 0 Å². The van der Waals surface area contributed by atoms with E-state index in [9.17, 15) is 9.59 Å². The SMILES string of the molecule is Cc1c(NC(=O)c2cc3c(s2)CCCC3)cccc1C1=C/CCC(C)C(=O)/C(Nc2ccc(NC3CC3)nn2)=C\1. The molecule has 1 saturated carbocycles. The van der Waals surface area contributed by atoms with Gasteiger partial charge in [0.1, 0.15) is 5.82 Å². The van der Waals surface area contributed by atoms with Crippen molar-refractivity contribution in [3.05, 3.63) is 80.7 Å². The molecule has 0 radical (unpaired) electrons. The molecule has 0 spiro atoms. The number of carbonyl (C=O) groups excluding carboxylic acids is 2. The Morgan fingerprint density at radius 1 is 1.02 bits per heavy atom. The Morgan fingerprint density at radius 2 is 1.82 bits per heavy atom. The number of nitrogens with one attached hydrogen (secondary N) is 3. The topological polar surface area (TPSA) is 96.0 Å². The second-order valence-electron chi connectivity index (χ2n) is 11.1. The first kappa shape index (κ1) is 26.4. The molecular formula is C32H35N5O2S. The van der Waals surface area contributed by atoms with Crippen molar-refractivity contribution in [1.82, 2.24) is 10.2 Å². The Kier molecular flexibility index (Phi) is 7.52. The molecule has 6 rings (SSSR count). The quantitative estimate of drug-likeness (QED) is 0.294. The van der Waals surface area contributed by atoms with Gasteiger partial charge < -0.3 is 16.0 Å². The first-order chi connectivity index (χ1) is 19.4. The number of benzene rings is 1. The van der Waals surface area contributed by atoms with Crippen LogP contribution < -0.4 is 16.0 Å². The van der Waals surface area contributed by atoms with Gasteiger partial charge in [-0.15, -0.1) is 21.5 Å². The van der Waals surface area contributed by atoms with E-state index in [1.807, 2.05) is 50.3 Å². The van der Waals surface area contributed by atoms with Crippen LogP contribution in [0.5, 0.6) is 0 Å². The molecule has 206 valence electrons. The van der Waals surface area contributed by atoms with Crippen molar-refractivity contribution in [3.8, 4) is 0 Å². The third-order valence-electron chi connectivity index (χ3n) is 7.95. The van der Waals surface area contributed by atoms with Crippen LogP contribution in [0.1, 0.15) is 76.7 Å². The summed E-state index contributed by atoms with van der Waals surface area (Å²) in [5, 5.41) is 18.3. The molecule has 3 aliphatic rings. The van der Waals surface area contributed by atoms with Gasteiger partial charge in [-0.05, 0) is 111 Å². The lowest BCUT2D eigenvalue weighted by molar-refractivity contribution is -0.118. The Bertz CT molecular complexity index is 1480. The van der Waals surface area contributed by atoms with Gasteiger partial charge in [0.15, 0.2) is 11.6 Å². The van der Waals surface area contributed by atoms with Crippen LogP contribution in [0.25, 0.3) is 5.57 Å². The van der Waals surface area contributed by atoms with Gasteiger partial charge in [-0.3, -0.25) is 9.59 Å². The summed E-state index contributed by atoms with van der Waals surface area (Å²) >= 11 is 1.62. The first-order valence-electron chi connectivity index (χ1n) is 14.3. The third-order valence-corrected chi connectivity index (χ3v) is 9.18. The van der Waals surface area contributed by atoms with E-state index in [1.54, 1.807) is 11.3 Å². The summed E-state index contributed by atoms with van der Waals surface area (Å²) in [7, 11) is 0. The van der Waals surface area contributed by atoms with Crippen LogP contribution in [-0.2, 0) is 17.6 Å². The van der Waals surface area contributed by atoms with Crippen LogP contribution in [0.4, 0.5) is 17.3 Å². The fourth-order valence-electron chi connectivity index (χ4n) is 5.38. The maximum atomic E-state index is 13.4. The zero-order valence-electron chi connectivity index (χ0n) is 23.0. The minimum atomic E-state index is -0.108. The summed E-state index contributed by atoms with van der Waals surface area (Å²) < 4.78 is 0. The average Bonchev–Trinajstić information content (AvgIpc) is 3.66. The van der Waals surface area contributed by atoms with Gasteiger partial charge in [0.05, 0.1) is 10.6 Å². The Balaban J connectivity index is 1.25. The van der Waals surface area contributed by atoms with Crippen molar-refractivity contribution < 1.29 is 9.59 Å². The van der Waals surface area contributed by atoms with Crippen LogP contribution in [-0.4, -0.2) is 27.9 Å². The van der Waals surface area contributed by atoms with Gasteiger partial charge in [0, 0.05) is 22.5 Å². The molecule has 1 amide bonds. The highest BCUT2D eigenvalue weighted by Crippen LogP contribution is 2.33. The van der Waals surface area contributed by atoms with Gasteiger partial charge in [-0.25, -0.2) is 0 Å². The molecule has 1 fully saturated rings. The highest BCUT2D eigenvalue weighted by Gasteiger charge is 2.24. The molecular weight excluding hydrogens is 518 g/mol. The van der Waals surface area contributed by atoms with Gasteiger partial charge >= 0.3 is 0 Å². The summed E-state index contributed by atoms with van der Waals surface area (Å²) in [6.07, 6.45) is 12.5. The van der Waals surface area contributed by atoms with Crippen LogP contribution in [0.3, 0.4) is 0 Å². The van der Waals surface area contributed by atoms with Gasteiger partial charge in [0.25, 0.3) is 5.91 Å². The lowest BCUT2D eigenvalue weighted by atomic mass is 9.90. The molecule has 1 aromatic carbocycles. The summed E-state index contributed by atoms with van der Waals surface area (Å²) in [6, 6.07) is 12.2. The van der Waals surface area contributed by atoms with Gasteiger partial charge in [-0.2, -0.15) is 0 Å². The van der Waals surface area contributed by atoms with E-state index in [1.165, 1.54) is 23.3 Å². The monoisotopic (exact) mass is 553 g/mol. The molecule has 0 saturated heterocycles. The largest absolute Gasteiger partial charge is 0.366 e. The lowest BCUT2D eigenvalue weighted by Gasteiger charge is -2.19. The molecule has 40 heavy (non-hydrogen) atoms. The fraction of sp³-hybridized carbons (Fsp3) is 0.375. The Hall–Kier alpha value is -3.78. The van der Waals surface area contributed by atoms with E-state index < -0.39 is 0 Å². The normalized spacial score (nSPS) is 21.6. The number of thiophene rings is 1. The number of nitrogens with zero attached hydrogens (tertiary/aromatic N) is 2. The predicted octanol–water partition coefficient (Wildman–Crippen LogP) is 6.93. The average molecular weight is 554 g/mol. The van der Waals surface area contributed by atoms with E-state index in [0.717, 1.165) is 71.6 Å². The highest BCUT2D eigenvalue weighted by atomic mass is 32.1. The number of fused-ring (bicyclic) bond motifs is 1. The Labute approximate surface area is 239 Å². The summed E-state index contributed by atoms with van der Waals surface area (Å²) in [5.74, 6) is 1.16. The highest BCUT2D eigenvalue weighted by molar-refractivity contribution is 7.14. The minimum Gasteiger partial charge on any atom is -0.366 e. The molecule has 1 atom stereocenters. The van der Waals surface area contributed by atoms with E-state index in [0.29, 0.717) is 17.6 Å².